The molecule has 6 heteroatoms. The molecule has 142 valence electrons. The molecule has 1 aromatic heterocycles. The molecule has 0 bridgehead atoms. The van der Waals surface area contributed by atoms with Crippen LogP contribution in [0.1, 0.15) is 22.0 Å². The van der Waals surface area contributed by atoms with Crippen LogP contribution in [0.5, 0.6) is 5.75 Å². The van der Waals surface area contributed by atoms with Crippen LogP contribution in [-0.4, -0.2) is 17.9 Å². The third-order valence-corrected chi connectivity index (χ3v) is 4.92. The first-order valence-electron chi connectivity index (χ1n) is 8.69. The number of hydrogen-bond acceptors (Lipinski definition) is 4. The Balaban J connectivity index is 1.92. The van der Waals surface area contributed by atoms with Gasteiger partial charge in [-0.25, -0.2) is 0 Å². The molecule has 0 aliphatic rings. The minimum atomic E-state index is -0.741. The lowest BCUT2D eigenvalue weighted by atomic mass is 10.0. The molecule has 0 spiro atoms. The van der Waals surface area contributed by atoms with Gasteiger partial charge in [0.2, 0.25) is 11.8 Å². The molecule has 0 fully saturated rings. The Kier molecular flexibility index (Phi) is 6.74. The van der Waals surface area contributed by atoms with Gasteiger partial charge >= 0.3 is 0 Å². The first kappa shape index (κ1) is 20.0. The second kappa shape index (κ2) is 9.44. The topological polar surface area (TPSA) is 42.5 Å². The van der Waals surface area contributed by atoms with Crippen LogP contribution >= 0.6 is 11.6 Å². The summed E-state index contributed by atoms with van der Waals surface area (Å²) in [7, 11) is 1.62. The zero-order valence-corrected chi connectivity index (χ0v) is 16.9. The number of ether oxygens (including phenoxy) is 1. The van der Waals surface area contributed by atoms with Gasteiger partial charge in [0.05, 0.1) is 18.7 Å². The van der Waals surface area contributed by atoms with Gasteiger partial charge in [0.25, 0.3) is 0 Å². The fourth-order valence-corrected chi connectivity index (χ4v) is 3.28. The van der Waals surface area contributed by atoms with Crippen LogP contribution in [0.15, 0.2) is 84.1 Å². The van der Waals surface area contributed by atoms with Crippen molar-refractivity contribution >= 4 is 35.1 Å². The molecule has 0 N–H and O–H groups in total. The van der Waals surface area contributed by atoms with E-state index in [9.17, 15) is 4.79 Å². The number of ketones is 1. The van der Waals surface area contributed by atoms with Crippen LogP contribution in [-0.2, 0) is 19.2 Å². The molecule has 4 nitrogen and oxygen atoms in total. The number of methoxy groups -OCH3 is 1. The van der Waals surface area contributed by atoms with Gasteiger partial charge in [-0.15, -0.1) is 0 Å². The van der Waals surface area contributed by atoms with Gasteiger partial charge in [-0.3, -0.25) is 4.79 Å². The zero-order valence-electron chi connectivity index (χ0n) is 15.3. The summed E-state index contributed by atoms with van der Waals surface area (Å²) < 4.78 is 6.92. The fraction of sp³-hybridized carbons (Fsp3) is 0.136. The number of aromatic nitrogens is 1. The Labute approximate surface area is 174 Å². The van der Waals surface area contributed by atoms with Crippen molar-refractivity contribution in [3.8, 4) is 5.75 Å². The number of benzene rings is 2. The van der Waals surface area contributed by atoms with Crippen molar-refractivity contribution in [3.63, 3.8) is 0 Å². The smallest absolute Gasteiger partial charge is 0.237 e. The summed E-state index contributed by atoms with van der Waals surface area (Å²) in [5, 5.41) is 0.698. The summed E-state index contributed by atoms with van der Waals surface area (Å²) in [6.07, 6.45) is 3.60. The molecular formula is C22H19ClN2O2S. The monoisotopic (exact) mass is 410 g/mol. The van der Waals surface area contributed by atoms with E-state index in [2.05, 4.69) is 4.99 Å². The first-order valence-corrected chi connectivity index (χ1v) is 9.47. The van der Waals surface area contributed by atoms with Gasteiger partial charge in [0.15, 0.2) is 12.4 Å². The molecule has 1 heterocycles. The normalized spacial score (nSPS) is 12.4. The van der Waals surface area contributed by atoms with Crippen LogP contribution < -0.4 is 9.30 Å². The maximum Gasteiger partial charge on any atom is 0.237 e. The average molecular weight is 411 g/mol. The number of carbonyl (C=O) groups excluding carboxylic acids is 1. The number of aliphatic imine (C=N–C) groups is 1. The van der Waals surface area contributed by atoms with Crippen molar-refractivity contribution in [2.45, 2.75) is 12.6 Å². The quantitative estimate of drug-likeness (QED) is 0.193. The number of pyridine rings is 1. The van der Waals surface area contributed by atoms with Gasteiger partial charge in [0, 0.05) is 17.7 Å². The lowest BCUT2D eigenvalue weighted by molar-refractivity contribution is -0.691. The number of nitrogens with zero attached hydrogens (tertiary/aromatic N) is 2. The molecule has 3 aromatic rings. The van der Waals surface area contributed by atoms with E-state index in [0.29, 0.717) is 22.2 Å². The van der Waals surface area contributed by atoms with Crippen molar-refractivity contribution in [3.05, 3.63) is 95.3 Å². The van der Waals surface area contributed by atoms with E-state index in [1.165, 1.54) is 0 Å². The van der Waals surface area contributed by atoms with E-state index < -0.39 is 6.04 Å². The van der Waals surface area contributed by atoms with Gasteiger partial charge in [0.1, 0.15) is 5.75 Å². The standard InChI is InChI=1S/C22H19ClN2O2S/c1-27-17-11-9-16(10-12-17)15-24-22(28)20(25-13-5-2-6-14-25)21(26)18-7-3-4-8-19(18)23/h2-14,20H,15H2,1H3. The van der Waals surface area contributed by atoms with Gasteiger partial charge in [-0.05, 0) is 34.9 Å². The fourth-order valence-electron chi connectivity index (χ4n) is 2.75. The maximum absolute atomic E-state index is 13.2. The third-order valence-electron chi connectivity index (χ3n) is 4.23. The number of rotatable bonds is 7. The lowest BCUT2D eigenvalue weighted by Gasteiger charge is -2.19. The van der Waals surface area contributed by atoms with Crippen molar-refractivity contribution < 1.29 is 14.1 Å². The predicted octanol–water partition coefficient (Wildman–Crippen LogP) is 4.21. The van der Waals surface area contributed by atoms with Gasteiger partial charge < -0.3 is 22.4 Å². The minimum absolute atomic E-state index is 0.190. The minimum Gasteiger partial charge on any atom is -0.758 e. The summed E-state index contributed by atoms with van der Waals surface area (Å²) in [6.45, 7) is 0.378. The number of Topliss-reactive ketones (excluding diaryl/α,β-unsaturated/α-hetero) is 1. The molecule has 3 rings (SSSR count). The largest absolute Gasteiger partial charge is 0.758 e. The van der Waals surface area contributed by atoms with E-state index in [0.717, 1.165) is 11.3 Å². The van der Waals surface area contributed by atoms with E-state index in [-0.39, 0.29) is 5.78 Å². The van der Waals surface area contributed by atoms with Gasteiger partial charge in [-0.2, -0.15) is 4.57 Å². The highest BCUT2D eigenvalue weighted by molar-refractivity contribution is 7.77. The predicted molar refractivity (Wildman–Crippen MR) is 113 cm³/mol. The van der Waals surface area contributed by atoms with Crippen LogP contribution in [0.2, 0.25) is 5.02 Å². The third kappa shape index (κ3) is 4.74. The summed E-state index contributed by atoms with van der Waals surface area (Å²) >= 11 is 11.8. The van der Waals surface area contributed by atoms with Crippen LogP contribution in [0.25, 0.3) is 0 Å². The molecule has 0 radical (unpaired) electrons. The summed E-state index contributed by atoms with van der Waals surface area (Å²) in [6, 6.07) is 19.4. The van der Waals surface area contributed by atoms with Crippen molar-refractivity contribution in [2.75, 3.05) is 7.11 Å². The second-order valence-corrected chi connectivity index (χ2v) is 6.90. The maximum atomic E-state index is 13.2. The van der Waals surface area contributed by atoms with E-state index in [1.54, 1.807) is 48.3 Å². The van der Waals surface area contributed by atoms with E-state index >= 15 is 0 Å². The van der Waals surface area contributed by atoms with Crippen LogP contribution in [0, 0.1) is 0 Å². The van der Waals surface area contributed by atoms with Crippen molar-refractivity contribution in [1.29, 1.82) is 0 Å². The average Bonchev–Trinajstić information content (AvgIpc) is 2.74. The Bertz CT molecular complexity index is 975. The molecule has 0 amide bonds. The SMILES string of the molecule is COc1ccc(CN=C([S-])C(C(=O)c2ccccc2Cl)[n+]2ccccc2)cc1. The van der Waals surface area contributed by atoms with Crippen molar-refractivity contribution in [1.82, 2.24) is 0 Å². The number of carbonyl (C=O) groups is 1. The molecule has 2 aromatic carbocycles. The molecule has 0 aliphatic heterocycles. The Morgan fingerprint density at radius 1 is 1.07 bits per heavy atom. The van der Waals surface area contributed by atoms with E-state index in [1.807, 2.05) is 42.5 Å². The Morgan fingerprint density at radius 3 is 2.39 bits per heavy atom. The van der Waals surface area contributed by atoms with E-state index in [4.69, 9.17) is 29.0 Å². The number of halogens is 1. The molecule has 28 heavy (non-hydrogen) atoms. The molecule has 1 unspecified atom stereocenters. The lowest BCUT2D eigenvalue weighted by Crippen LogP contribution is -2.47. The highest BCUT2D eigenvalue weighted by Gasteiger charge is 2.29. The Hall–Kier alpha value is -2.76. The summed E-state index contributed by atoms with van der Waals surface area (Å²) in [5.74, 6) is 0.586. The first-order chi connectivity index (χ1) is 13.6. The second-order valence-electron chi connectivity index (χ2n) is 6.07. The molecule has 0 aliphatic carbocycles. The Morgan fingerprint density at radius 2 is 1.75 bits per heavy atom. The molecule has 0 saturated heterocycles. The summed E-state index contributed by atoms with van der Waals surface area (Å²) in [5.41, 5.74) is 1.40. The molecule has 1 atom stereocenters. The zero-order chi connectivity index (χ0) is 19.9. The van der Waals surface area contributed by atoms with Crippen molar-refractivity contribution in [2.24, 2.45) is 4.99 Å². The highest BCUT2D eigenvalue weighted by Crippen LogP contribution is 2.20. The summed E-state index contributed by atoms with van der Waals surface area (Å²) in [4.78, 5) is 17.7. The van der Waals surface area contributed by atoms with Gasteiger partial charge in [-0.1, -0.05) is 41.9 Å². The van der Waals surface area contributed by atoms with Crippen LogP contribution in [0.4, 0.5) is 0 Å². The molecule has 0 saturated carbocycles. The van der Waals surface area contributed by atoms with Crippen LogP contribution in [0.3, 0.4) is 0 Å². The highest BCUT2D eigenvalue weighted by atomic mass is 35.5. The number of hydrogen-bond donors (Lipinski definition) is 0. The molecular weight excluding hydrogens is 392 g/mol.